The van der Waals surface area contributed by atoms with E-state index in [9.17, 15) is 4.79 Å². The van der Waals surface area contributed by atoms with Crippen LogP contribution >= 0.6 is 11.3 Å². The van der Waals surface area contributed by atoms with Crippen LogP contribution in [0.4, 0.5) is 0 Å². The molecule has 2 aromatic heterocycles. The van der Waals surface area contributed by atoms with Gasteiger partial charge in [0.2, 0.25) is 0 Å². The third-order valence-electron chi connectivity index (χ3n) is 3.78. The number of nitrogens with zero attached hydrogens (tertiary/aromatic N) is 4. The lowest BCUT2D eigenvalue weighted by Crippen LogP contribution is -2.29. The van der Waals surface area contributed by atoms with Gasteiger partial charge in [-0.2, -0.15) is 0 Å². The predicted octanol–water partition coefficient (Wildman–Crippen LogP) is 1.46. The molecule has 1 unspecified atom stereocenters. The van der Waals surface area contributed by atoms with Gasteiger partial charge in [-0.1, -0.05) is 5.21 Å². The van der Waals surface area contributed by atoms with Crippen molar-refractivity contribution in [2.75, 3.05) is 13.1 Å². The number of rotatable bonds is 4. The molecule has 1 fully saturated rings. The molecule has 0 aromatic carbocycles. The molecule has 0 spiro atoms. The van der Waals surface area contributed by atoms with Crippen molar-refractivity contribution in [3.8, 4) is 0 Å². The summed E-state index contributed by atoms with van der Waals surface area (Å²) in [6.45, 7) is 5.88. The minimum atomic E-state index is -0.208. The second-order valence-electron chi connectivity index (χ2n) is 5.57. The molecule has 22 heavy (non-hydrogen) atoms. The fraction of sp³-hybridized carbons (Fsp3) is 0.571. The van der Waals surface area contributed by atoms with Crippen LogP contribution in [-0.2, 0) is 0 Å². The number of aromatic nitrogens is 4. The Bertz CT molecular complexity index is 645. The molecule has 118 valence electrons. The van der Waals surface area contributed by atoms with Crippen LogP contribution in [-0.4, -0.2) is 39.0 Å². The summed E-state index contributed by atoms with van der Waals surface area (Å²) in [6, 6.07) is 0.199. The highest BCUT2D eigenvalue weighted by atomic mass is 32.1. The summed E-state index contributed by atoms with van der Waals surface area (Å²) < 4.78 is 1.81. The van der Waals surface area contributed by atoms with Crippen molar-refractivity contribution in [1.29, 1.82) is 0 Å². The highest BCUT2D eigenvalue weighted by Crippen LogP contribution is 2.20. The average molecular weight is 320 g/mol. The fourth-order valence-corrected chi connectivity index (χ4v) is 3.31. The van der Waals surface area contributed by atoms with Crippen molar-refractivity contribution >= 4 is 17.2 Å². The van der Waals surface area contributed by atoms with Gasteiger partial charge < -0.3 is 10.6 Å². The normalized spacial score (nSPS) is 17.4. The molecule has 0 aliphatic carbocycles. The molecule has 0 saturated carbocycles. The molecule has 0 bridgehead atoms. The van der Waals surface area contributed by atoms with Crippen LogP contribution in [0.1, 0.15) is 52.2 Å². The molecule has 1 aliphatic heterocycles. The van der Waals surface area contributed by atoms with Gasteiger partial charge in [0.15, 0.2) is 5.69 Å². The first-order chi connectivity index (χ1) is 10.6. The highest BCUT2D eigenvalue weighted by molar-refractivity contribution is 7.11. The lowest BCUT2D eigenvalue weighted by molar-refractivity contribution is 0.0934. The Hall–Kier alpha value is -1.80. The largest absolute Gasteiger partial charge is 0.342 e. The van der Waals surface area contributed by atoms with Crippen LogP contribution in [0, 0.1) is 6.92 Å². The van der Waals surface area contributed by atoms with E-state index in [1.165, 1.54) is 0 Å². The highest BCUT2D eigenvalue weighted by Gasteiger charge is 2.20. The third-order valence-corrected chi connectivity index (χ3v) is 4.88. The van der Waals surface area contributed by atoms with Crippen molar-refractivity contribution in [2.45, 2.75) is 38.8 Å². The van der Waals surface area contributed by atoms with Gasteiger partial charge in [-0.3, -0.25) is 4.79 Å². The number of aryl methyl sites for hydroxylation is 1. The van der Waals surface area contributed by atoms with Crippen molar-refractivity contribution in [3.63, 3.8) is 0 Å². The lowest BCUT2D eigenvalue weighted by atomic mass is 10.1. The molecule has 3 rings (SSSR count). The first-order valence-electron chi connectivity index (χ1n) is 7.49. The Morgan fingerprint density at radius 3 is 2.95 bits per heavy atom. The maximum Gasteiger partial charge on any atom is 0.274 e. The Labute approximate surface area is 133 Å². The summed E-state index contributed by atoms with van der Waals surface area (Å²) in [7, 11) is 0. The zero-order valence-corrected chi connectivity index (χ0v) is 13.6. The van der Waals surface area contributed by atoms with Gasteiger partial charge in [-0.25, -0.2) is 9.67 Å². The number of piperidine rings is 1. The molecule has 8 heteroatoms. The zero-order chi connectivity index (χ0) is 15.5. The van der Waals surface area contributed by atoms with E-state index in [1.807, 2.05) is 24.7 Å². The molecular formula is C14H20N6OS. The van der Waals surface area contributed by atoms with Crippen LogP contribution in [0.5, 0.6) is 0 Å². The first-order valence-corrected chi connectivity index (χ1v) is 8.31. The standard InChI is InChI=1S/C14H20N6OS/c1-9-7-16-14(22-9)10(2)17-13(21)12-8-20(19-18-12)11-3-5-15-6-4-11/h7-8,10-11,15H,3-6H2,1-2H3,(H,17,21). The Morgan fingerprint density at radius 1 is 1.50 bits per heavy atom. The number of hydrogen-bond acceptors (Lipinski definition) is 6. The molecule has 1 amide bonds. The van der Waals surface area contributed by atoms with Crippen molar-refractivity contribution in [3.05, 3.63) is 28.0 Å². The van der Waals surface area contributed by atoms with Gasteiger partial charge >= 0.3 is 0 Å². The molecule has 7 nitrogen and oxygen atoms in total. The summed E-state index contributed by atoms with van der Waals surface area (Å²) in [5.74, 6) is -0.208. The molecular weight excluding hydrogens is 300 g/mol. The van der Waals surface area contributed by atoms with Crippen LogP contribution < -0.4 is 10.6 Å². The van der Waals surface area contributed by atoms with Gasteiger partial charge in [0.05, 0.1) is 18.3 Å². The van der Waals surface area contributed by atoms with Gasteiger partial charge in [-0.15, -0.1) is 16.4 Å². The van der Waals surface area contributed by atoms with E-state index in [-0.39, 0.29) is 11.9 Å². The predicted molar refractivity (Wildman–Crippen MR) is 83.9 cm³/mol. The second kappa shape index (κ2) is 6.53. The summed E-state index contributed by atoms with van der Waals surface area (Å²) in [5.41, 5.74) is 0.360. The monoisotopic (exact) mass is 320 g/mol. The van der Waals surface area contributed by atoms with E-state index < -0.39 is 0 Å². The summed E-state index contributed by atoms with van der Waals surface area (Å²) in [4.78, 5) is 17.7. The number of carbonyl (C=O) groups is 1. The number of amides is 1. The van der Waals surface area contributed by atoms with Crippen LogP contribution in [0.25, 0.3) is 0 Å². The van der Waals surface area contributed by atoms with E-state index in [0.29, 0.717) is 11.7 Å². The average Bonchev–Trinajstić information content (AvgIpc) is 3.17. The van der Waals surface area contributed by atoms with Crippen LogP contribution in [0.3, 0.4) is 0 Å². The lowest BCUT2D eigenvalue weighted by Gasteiger charge is -2.22. The van der Waals surface area contributed by atoms with Crippen LogP contribution in [0.15, 0.2) is 12.4 Å². The molecule has 0 radical (unpaired) electrons. The number of hydrogen-bond donors (Lipinski definition) is 2. The summed E-state index contributed by atoms with van der Waals surface area (Å²) in [6.07, 6.45) is 5.58. The Morgan fingerprint density at radius 2 is 2.27 bits per heavy atom. The fourth-order valence-electron chi connectivity index (χ4n) is 2.54. The third kappa shape index (κ3) is 3.33. The SMILES string of the molecule is Cc1cnc(C(C)NC(=O)c2cn(C3CCNCC3)nn2)s1. The van der Waals surface area contributed by atoms with Gasteiger partial charge in [0.25, 0.3) is 5.91 Å². The number of nitrogens with one attached hydrogen (secondary N) is 2. The van der Waals surface area contributed by atoms with Gasteiger partial charge in [0, 0.05) is 11.1 Å². The molecule has 2 aromatic rings. The minimum Gasteiger partial charge on any atom is -0.342 e. The molecule has 2 N–H and O–H groups in total. The van der Waals surface area contributed by atoms with E-state index in [2.05, 4.69) is 25.9 Å². The van der Waals surface area contributed by atoms with E-state index in [0.717, 1.165) is 35.8 Å². The maximum atomic E-state index is 12.3. The minimum absolute atomic E-state index is 0.129. The zero-order valence-electron chi connectivity index (χ0n) is 12.7. The second-order valence-corrected chi connectivity index (χ2v) is 6.84. The van der Waals surface area contributed by atoms with E-state index in [4.69, 9.17) is 0 Å². The van der Waals surface area contributed by atoms with Crippen molar-refractivity contribution < 1.29 is 4.79 Å². The Balaban J connectivity index is 1.63. The summed E-state index contributed by atoms with van der Waals surface area (Å²) in [5, 5.41) is 15.3. The topological polar surface area (TPSA) is 84.7 Å². The number of thiazole rings is 1. The summed E-state index contributed by atoms with van der Waals surface area (Å²) >= 11 is 1.59. The molecule has 1 atom stereocenters. The first kappa shape index (κ1) is 15.1. The molecule has 1 saturated heterocycles. The van der Waals surface area contributed by atoms with Gasteiger partial charge in [-0.05, 0) is 39.8 Å². The van der Waals surface area contributed by atoms with Crippen molar-refractivity contribution in [2.24, 2.45) is 0 Å². The smallest absolute Gasteiger partial charge is 0.274 e. The molecule has 3 heterocycles. The number of carbonyl (C=O) groups excluding carboxylic acids is 1. The van der Waals surface area contributed by atoms with Crippen molar-refractivity contribution in [1.82, 2.24) is 30.6 Å². The van der Waals surface area contributed by atoms with E-state index in [1.54, 1.807) is 17.5 Å². The molecule has 1 aliphatic rings. The maximum absolute atomic E-state index is 12.3. The Kier molecular flexibility index (Phi) is 4.49. The van der Waals surface area contributed by atoms with Gasteiger partial charge in [0.1, 0.15) is 5.01 Å². The quantitative estimate of drug-likeness (QED) is 0.891. The van der Waals surface area contributed by atoms with E-state index >= 15 is 0 Å². The van der Waals surface area contributed by atoms with Crippen LogP contribution in [0.2, 0.25) is 0 Å².